The van der Waals surface area contributed by atoms with Crippen molar-refractivity contribution >= 4 is 17.0 Å². The zero-order valence-electron chi connectivity index (χ0n) is 19.7. The second-order valence-corrected chi connectivity index (χ2v) is 8.58. The topological polar surface area (TPSA) is 107 Å². The molecule has 0 aliphatic heterocycles. The predicted octanol–water partition coefficient (Wildman–Crippen LogP) is 5.06. The third-order valence-corrected chi connectivity index (χ3v) is 5.84. The van der Waals surface area contributed by atoms with E-state index in [0.29, 0.717) is 35.0 Å². The van der Waals surface area contributed by atoms with Crippen LogP contribution in [0.4, 0.5) is 4.39 Å². The van der Waals surface area contributed by atoms with Crippen LogP contribution < -0.4 is 4.74 Å². The lowest BCUT2D eigenvalue weighted by molar-refractivity contribution is 0.0692. The minimum absolute atomic E-state index is 0.413. The highest BCUT2D eigenvalue weighted by molar-refractivity contribution is 5.97. The van der Waals surface area contributed by atoms with Gasteiger partial charge in [0, 0.05) is 41.0 Å². The molecule has 9 heteroatoms. The van der Waals surface area contributed by atoms with Crippen molar-refractivity contribution in [3.63, 3.8) is 0 Å². The number of aromatic nitrogens is 4. The monoisotopic (exact) mass is 485 g/mol. The van der Waals surface area contributed by atoms with Gasteiger partial charge in [-0.05, 0) is 68.7 Å². The van der Waals surface area contributed by atoms with E-state index in [-0.39, 0.29) is 0 Å². The van der Waals surface area contributed by atoms with E-state index in [1.807, 2.05) is 55.4 Å². The summed E-state index contributed by atoms with van der Waals surface area (Å²) in [5.74, 6) is -0.805. The van der Waals surface area contributed by atoms with Crippen molar-refractivity contribution in [3.05, 3.63) is 78.4 Å². The summed E-state index contributed by atoms with van der Waals surface area (Å²) in [4.78, 5) is 29.3. The molecule has 0 atom stereocenters. The SMILES string of the molecule is CN(C)CCOc1ccc(-c2nc(-c3ccc(F)c(C(=O)O)c3)c(-c3ccnc4[nH]ccc34)[nH]2)cc1. The highest BCUT2D eigenvalue weighted by atomic mass is 19.1. The molecule has 0 radical (unpaired) electrons. The lowest BCUT2D eigenvalue weighted by Gasteiger charge is -2.11. The van der Waals surface area contributed by atoms with Gasteiger partial charge in [0.05, 0.1) is 17.0 Å². The normalized spacial score (nSPS) is 11.3. The molecular formula is C27H24FN5O3. The standard InChI is InChI=1S/C27H24FN5O3/c1-33(2)13-14-36-18-6-3-16(4-7-18)25-31-23(17-5-8-22(28)21(15-17)27(34)35)24(32-25)19-9-11-29-26-20(19)10-12-30-26/h3-12,15H,13-14H2,1-2H3,(H,29,30)(H,31,32)(H,34,35). The van der Waals surface area contributed by atoms with Crippen LogP contribution in [0.2, 0.25) is 0 Å². The molecule has 0 bridgehead atoms. The van der Waals surface area contributed by atoms with Crippen LogP contribution in [-0.2, 0) is 0 Å². The number of aromatic amines is 2. The highest BCUT2D eigenvalue weighted by Crippen LogP contribution is 2.36. The van der Waals surface area contributed by atoms with E-state index in [0.717, 1.165) is 34.9 Å². The van der Waals surface area contributed by atoms with E-state index in [1.165, 1.54) is 12.1 Å². The lowest BCUT2D eigenvalue weighted by atomic mass is 10.0. The summed E-state index contributed by atoms with van der Waals surface area (Å²) in [5, 5.41) is 10.3. The number of fused-ring (bicyclic) bond motifs is 1. The first-order valence-corrected chi connectivity index (χ1v) is 11.3. The predicted molar refractivity (Wildman–Crippen MR) is 136 cm³/mol. The largest absolute Gasteiger partial charge is 0.492 e. The first-order valence-electron chi connectivity index (χ1n) is 11.3. The molecule has 0 fully saturated rings. The zero-order valence-corrected chi connectivity index (χ0v) is 19.7. The van der Waals surface area contributed by atoms with Gasteiger partial charge in [0.1, 0.15) is 29.6 Å². The van der Waals surface area contributed by atoms with Gasteiger partial charge in [-0.15, -0.1) is 0 Å². The van der Waals surface area contributed by atoms with Crippen LogP contribution in [0.3, 0.4) is 0 Å². The number of benzene rings is 2. The minimum Gasteiger partial charge on any atom is -0.492 e. The van der Waals surface area contributed by atoms with Gasteiger partial charge in [-0.1, -0.05) is 0 Å². The number of ether oxygens (including phenoxy) is 1. The highest BCUT2D eigenvalue weighted by Gasteiger charge is 2.20. The van der Waals surface area contributed by atoms with Gasteiger partial charge < -0.3 is 24.7 Å². The molecule has 0 spiro atoms. The van der Waals surface area contributed by atoms with Gasteiger partial charge >= 0.3 is 5.97 Å². The lowest BCUT2D eigenvalue weighted by Crippen LogP contribution is -2.19. The fraction of sp³-hybridized carbons (Fsp3) is 0.148. The number of aromatic carboxylic acids is 1. The molecule has 0 aliphatic rings. The molecule has 5 aromatic rings. The van der Waals surface area contributed by atoms with Gasteiger partial charge in [0.25, 0.3) is 0 Å². The molecule has 3 aromatic heterocycles. The number of carboxylic acid groups (broad SMARTS) is 1. The molecule has 0 amide bonds. The number of imidazole rings is 1. The van der Waals surface area contributed by atoms with E-state index in [4.69, 9.17) is 9.72 Å². The van der Waals surface area contributed by atoms with Crippen molar-refractivity contribution in [2.45, 2.75) is 0 Å². The summed E-state index contributed by atoms with van der Waals surface area (Å²) in [6, 6.07) is 15.3. The van der Waals surface area contributed by atoms with E-state index < -0.39 is 17.3 Å². The number of carboxylic acids is 1. The Morgan fingerprint density at radius 1 is 1.08 bits per heavy atom. The third kappa shape index (κ3) is 4.56. The Bertz CT molecular complexity index is 1540. The van der Waals surface area contributed by atoms with Crippen molar-refractivity contribution in [1.29, 1.82) is 0 Å². The molecule has 3 heterocycles. The van der Waals surface area contributed by atoms with Gasteiger partial charge in [-0.2, -0.15) is 0 Å². The summed E-state index contributed by atoms with van der Waals surface area (Å²) in [6.07, 6.45) is 3.49. The van der Waals surface area contributed by atoms with Crippen molar-refractivity contribution in [2.24, 2.45) is 0 Å². The van der Waals surface area contributed by atoms with Crippen molar-refractivity contribution < 1.29 is 19.0 Å². The molecule has 36 heavy (non-hydrogen) atoms. The number of nitrogens with zero attached hydrogens (tertiary/aromatic N) is 3. The Hall–Kier alpha value is -4.50. The number of carbonyl (C=O) groups is 1. The number of halogens is 1. The van der Waals surface area contributed by atoms with Gasteiger partial charge in [-0.3, -0.25) is 0 Å². The van der Waals surface area contributed by atoms with E-state index in [2.05, 4.69) is 15.0 Å². The van der Waals surface area contributed by atoms with Crippen LogP contribution in [0, 0.1) is 5.82 Å². The molecule has 0 unspecified atom stereocenters. The van der Waals surface area contributed by atoms with Crippen LogP contribution in [0.5, 0.6) is 5.75 Å². The first-order chi connectivity index (χ1) is 17.4. The number of likely N-dealkylation sites (N-methyl/N-ethyl adjacent to an activating group) is 1. The summed E-state index contributed by atoms with van der Waals surface area (Å²) in [5.41, 5.74) is 3.61. The van der Waals surface area contributed by atoms with E-state index >= 15 is 0 Å². The summed E-state index contributed by atoms with van der Waals surface area (Å²) >= 11 is 0. The Morgan fingerprint density at radius 2 is 1.86 bits per heavy atom. The van der Waals surface area contributed by atoms with E-state index in [9.17, 15) is 14.3 Å². The number of hydrogen-bond donors (Lipinski definition) is 3. The van der Waals surface area contributed by atoms with Gasteiger partial charge in [0.2, 0.25) is 0 Å². The second kappa shape index (κ2) is 9.63. The van der Waals surface area contributed by atoms with Crippen LogP contribution in [0.25, 0.3) is 44.9 Å². The summed E-state index contributed by atoms with van der Waals surface area (Å²) in [7, 11) is 3.98. The fourth-order valence-corrected chi connectivity index (χ4v) is 3.98. The molecule has 2 aromatic carbocycles. The zero-order chi connectivity index (χ0) is 25.2. The first kappa shape index (κ1) is 23.3. The number of H-pyrrole nitrogens is 2. The van der Waals surface area contributed by atoms with Crippen LogP contribution in [-0.4, -0.2) is 63.2 Å². The number of pyridine rings is 1. The second-order valence-electron chi connectivity index (χ2n) is 8.58. The maximum atomic E-state index is 14.1. The van der Waals surface area contributed by atoms with Gasteiger partial charge in [-0.25, -0.2) is 19.2 Å². The molecule has 5 rings (SSSR count). The van der Waals surface area contributed by atoms with Crippen molar-refractivity contribution in [1.82, 2.24) is 24.8 Å². The fourth-order valence-electron chi connectivity index (χ4n) is 3.98. The Kier molecular flexibility index (Phi) is 6.22. The average Bonchev–Trinajstić information content (AvgIpc) is 3.52. The molecular weight excluding hydrogens is 461 g/mol. The van der Waals surface area contributed by atoms with Crippen LogP contribution in [0.1, 0.15) is 10.4 Å². The maximum absolute atomic E-state index is 14.1. The van der Waals surface area contributed by atoms with Crippen molar-refractivity contribution in [2.75, 3.05) is 27.2 Å². The maximum Gasteiger partial charge on any atom is 0.338 e. The summed E-state index contributed by atoms with van der Waals surface area (Å²) < 4.78 is 19.9. The number of nitrogens with one attached hydrogen (secondary N) is 2. The number of hydrogen-bond acceptors (Lipinski definition) is 5. The molecule has 0 saturated heterocycles. The molecule has 8 nitrogen and oxygen atoms in total. The quantitative estimate of drug-likeness (QED) is 0.283. The smallest absolute Gasteiger partial charge is 0.338 e. The van der Waals surface area contributed by atoms with E-state index in [1.54, 1.807) is 12.4 Å². The van der Waals surface area contributed by atoms with Gasteiger partial charge in [0.15, 0.2) is 0 Å². The average molecular weight is 486 g/mol. The Morgan fingerprint density at radius 3 is 2.61 bits per heavy atom. The molecule has 0 saturated carbocycles. The minimum atomic E-state index is -1.34. The van der Waals surface area contributed by atoms with Crippen LogP contribution >= 0.6 is 0 Å². The Labute approximate surface area is 206 Å². The van der Waals surface area contributed by atoms with Crippen molar-refractivity contribution in [3.8, 4) is 39.7 Å². The number of rotatable bonds is 8. The molecule has 0 aliphatic carbocycles. The third-order valence-electron chi connectivity index (χ3n) is 5.84. The molecule has 182 valence electrons. The van der Waals surface area contributed by atoms with Crippen LogP contribution in [0.15, 0.2) is 67.0 Å². The summed E-state index contributed by atoms with van der Waals surface area (Å²) in [6.45, 7) is 1.38. The molecule has 3 N–H and O–H groups in total. The Balaban J connectivity index is 1.59.